The molecule has 1 N–H and O–H groups in total. The molecule has 130 valence electrons. The van der Waals surface area contributed by atoms with Crippen LogP contribution in [0.5, 0.6) is 11.5 Å². The molecule has 0 aliphatic carbocycles. The van der Waals surface area contributed by atoms with Crippen molar-refractivity contribution in [1.29, 1.82) is 0 Å². The highest BCUT2D eigenvalue weighted by molar-refractivity contribution is 6.32. The number of anilines is 1. The fourth-order valence-electron chi connectivity index (χ4n) is 2.44. The largest absolute Gasteiger partial charge is 0.495 e. The van der Waals surface area contributed by atoms with Gasteiger partial charge in [0, 0.05) is 11.1 Å². The van der Waals surface area contributed by atoms with Gasteiger partial charge in [-0.15, -0.1) is 0 Å². The predicted molar refractivity (Wildman–Crippen MR) is 96.5 cm³/mol. The van der Waals surface area contributed by atoms with E-state index in [-0.39, 0.29) is 0 Å². The second kappa shape index (κ2) is 7.25. The van der Waals surface area contributed by atoms with Gasteiger partial charge < -0.3 is 19.5 Å². The summed E-state index contributed by atoms with van der Waals surface area (Å²) >= 11 is 12.0. The number of esters is 1. The average molecular weight is 380 g/mol. The summed E-state index contributed by atoms with van der Waals surface area (Å²) in [5, 5.41) is 4.02. The molecule has 0 amide bonds. The monoisotopic (exact) mass is 379 g/mol. The van der Waals surface area contributed by atoms with E-state index in [1.165, 1.54) is 14.2 Å². The minimum Gasteiger partial charge on any atom is -0.495 e. The number of benzene rings is 2. The van der Waals surface area contributed by atoms with E-state index in [1.54, 1.807) is 30.3 Å². The van der Waals surface area contributed by atoms with Crippen LogP contribution < -0.4 is 14.8 Å². The Morgan fingerprint density at radius 1 is 1.04 bits per heavy atom. The summed E-state index contributed by atoms with van der Waals surface area (Å²) in [6.45, 7) is 0. The third kappa shape index (κ3) is 3.67. The van der Waals surface area contributed by atoms with E-state index >= 15 is 0 Å². The van der Waals surface area contributed by atoms with Crippen molar-refractivity contribution in [3.8, 4) is 11.5 Å². The molecule has 7 heteroatoms. The molecule has 1 heterocycles. The number of halogens is 2. The number of hydrogen-bond donors (Lipinski definition) is 1. The maximum Gasteiger partial charge on any atom is 0.355 e. The molecule has 1 atom stereocenters. The van der Waals surface area contributed by atoms with Crippen LogP contribution in [0.3, 0.4) is 0 Å². The number of rotatable bonds is 5. The van der Waals surface area contributed by atoms with E-state index in [2.05, 4.69) is 5.32 Å². The summed E-state index contributed by atoms with van der Waals surface area (Å²) in [6.07, 6.45) is 1.22. The molecule has 2 aromatic carbocycles. The van der Waals surface area contributed by atoms with Crippen molar-refractivity contribution < 1.29 is 19.0 Å². The molecular formula is C18H15Cl2NO4. The van der Waals surface area contributed by atoms with E-state index in [0.717, 1.165) is 5.56 Å². The molecule has 2 aromatic rings. The zero-order valence-corrected chi connectivity index (χ0v) is 15.0. The summed E-state index contributed by atoms with van der Waals surface area (Å²) in [5.74, 6) is 0.505. The zero-order valence-electron chi connectivity index (χ0n) is 13.5. The quantitative estimate of drug-likeness (QED) is 0.768. The molecule has 0 aromatic heterocycles. The van der Waals surface area contributed by atoms with Crippen LogP contribution in [0.2, 0.25) is 10.0 Å². The van der Waals surface area contributed by atoms with Crippen molar-refractivity contribution >= 4 is 34.9 Å². The number of hydrogen-bond acceptors (Lipinski definition) is 5. The van der Waals surface area contributed by atoms with Gasteiger partial charge in [-0.1, -0.05) is 35.3 Å². The van der Waals surface area contributed by atoms with Gasteiger partial charge in [-0.05, 0) is 29.8 Å². The van der Waals surface area contributed by atoms with Crippen LogP contribution >= 0.6 is 23.2 Å². The van der Waals surface area contributed by atoms with Gasteiger partial charge in [0.1, 0.15) is 23.3 Å². The van der Waals surface area contributed by atoms with Gasteiger partial charge in [-0.3, -0.25) is 0 Å². The van der Waals surface area contributed by atoms with Gasteiger partial charge >= 0.3 is 5.97 Å². The maximum absolute atomic E-state index is 12.2. The number of cyclic esters (lactones) is 1. The maximum atomic E-state index is 12.2. The molecule has 0 spiro atoms. The van der Waals surface area contributed by atoms with Crippen molar-refractivity contribution in [1.82, 2.24) is 0 Å². The van der Waals surface area contributed by atoms with Crippen LogP contribution in [0.4, 0.5) is 5.69 Å². The molecule has 0 bridgehead atoms. The van der Waals surface area contributed by atoms with E-state index in [1.807, 2.05) is 12.1 Å². The van der Waals surface area contributed by atoms with Crippen molar-refractivity contribution in [2.24, 2.45) is 0 Å². The molecule has 0 radical (unpaired) electrons. The minimum atomic E-state index is -0.480. The van der Waals surface area contributed by atoms with Crippen molar-refractivity contribution in [2.75, 3.05) is 19.5 Å². The van der Waals surface area contributed by atoms with Crippen LogP contribution in [0.25, 0.3) is 0 Å². The minimum absolute atomic E-state index is 0.305. The molecular weight excluding hydrogens is 365 g/mol. The lowest BCUT2D eigenvalue weighted by Crippen LogP contribution is -2.09. The SMILES string of the molecule is COc1cc(OC)c(NC2=C[C@@H](c3ccc(Cl)cc3)OC2=O)cc1Cl. The average Bonchev–Trinajstić information content (AvgIpc) is 2.96. The molecule has 5 nitrogen and oxygen atoms in total. The fraction of sp³-hybridized carbons (Fsp3) is 0.167. The van der Waals surface area contributed by atoms with Crippen LogP contribution in [-0.4, -0.2) is 20.2 Å². The highest BCUT2D eigenvalue weighted by Crippen LogP contribution is 2.38. The molecule has 0 unspecified atom stereocenters. The molecule has 25 heavy (non-hydrogen) atoms. The molecule has 1 aliphatic heterocycles. The topological polar surface area (TPSA) is 56.8 Å². The van der Waals surface area contributed by atoms with Gasteiger partial charge in [0.2, 0.25) is 0 Å². The third-order valence-corrected chi connectivity index (χ3v) is 4.26. The Morgan fingerprint density at radius 3 is 2.36 bits per heavy atom. The lowest BCUT2D eigenvalue weighted by Gasteiger charge is -2.13. The van der Waals surface area contributed by atoms with E-state index < -0.39 is 12.1 Å². The van der Waals surface area contributed by atoms with Crippen LogP contribution in [-0.2, 0) is 9.53 Å². The summed E-state index contributed by atoms with van der Waals surface area (Å²) in [7, 11) is 3.03. The number of ether oxygens (including phenoxy) is 3. The van der Waals surface area contributed by atoms with E-state index in [0.29, 0.717) is 32.9 Å². The first kappa shape index (κ1) is 17.5. The lowest BCUT2D eigenvalue weighted by atomic mass is 10.1. The first-order chi connectivity index (χ1) is 12.0. The van der Waals surface area contributed by atoms with E-state index in [4.69, 9.17) is 37.4 Å². The van der Waals surface area contributed by atoms with E-state index in [9.17, 15) is 4.79 Å². The highest BCUT2D eigenvalue weighted by atomic mass is 35.5. The van der Waals surface area contributed by atoms with Crippen molar-refractivity contribution in [3.05, 3.63) is 63.8 Å². The Bertz CT molecular complexity index is 834. The number of methoxy groups -OCH3 is 2. The molecule has 3 rings (SSSR count). The number of carbonyl (C=O) groups is 1. The summed E-state index contributed by atoms with van der Waals surface area (Å²) in [6, 6.07) is 10.4. The van der Waals surface area contributed by atoms with Gasteiger partial charge in [0.25, 0.3) is 0 Å². The Kier molecular flexibility index (Phi) is 5.06. The predicted octanol–water partition coefficient (Wildman–Crippen LogP) is 4.60. The molecule has 0 saturated heterocycles. The smallest absolute Gasteiger partial charge is 0.355 e. The lowest BCUT2D eigenvalue weighted by molar-refractivity contribution is -0.139. The number of carbonyl (C=O) groups excluding carboxylic acids is 1. The van der Waals surface area contributed by atoms with Gasteiger partial charge in [0.05, 0.1) is 24.9 Å². The molecule has 1 aliphatic rings. The second-order valence-electron chi connectivity index (χ2n) is 5.27. The molecule has 0 saturated carbocycles. The first-order valence-electron chi connectivity index (χ1n) is 7.38. The van der Waals surface area contributed by atoms with Crippen LogP contribution in [0, 0.1) is 0 Å². The van der Waals surface area contributed by atoms with Crippen LogP contribution in [0.15, 0.2) is 48.2 Å². The fourth-order valence-corrected chi connectivity index (χ4v) is 2.81. The van der Waals surface area contributed by atoms with Crippen molar-refractivity contribution in [2.45, 2.75) is 6.10 Å². The van der Waals surface area contributed by atoms with Crippen molar-refractivity contribution in [3.63, 3.8) is 0 Å². The molecule has 0 fully saturated rings. The van der Waals surface area contributed by atoms with Gasteiger partial charge in [-0.2, -0.15) is 0 Å². The van der Waals surface area contributed by atoms with Gasteiger partial charge in [0.15, 0.2) is 0 Å². The number of nitrogens with one attached hydrogen (secondary N) is 1. The summed E-state index contributed by atoms with van der Waals surface area (Å²) in [5.41, 5.74) is 1.67. The van der Waals surface area contributed by atoms with Crippen LogP contribution in [0.1, 0.15) is 11.7 Å². The highest BCUT2D eigenvalue weighted by Gasteiger charge is 2.27. The zero-order chi connectivity index (χ0) is 18.0. The summed E-state index contributed by atoms with van der Waals surface area (Å²) in [4.78, 5) is 12.2. The Morgan fingerprint density at radius 2 is 1.72 bits per heavy atom. The standard InChI is InChI=1S/C18H15Cl2NO4/c1-23-16-9-17(24-2)13(7-12(16)20)21-14-8-15(25-18(14)22)10-3-5-11(19)6-4-10/h3-9,15,21H,1-2H3/t15-/m0/s1. The Balaban J connectivity index is 1.87. The first-order valence-corrected chi connectivity index (χ1v) is 8.14. The third-order valence-electron chi connectivity index (χ3n) is 3.71. The van der Waals surface area contributed by atoms with Gasteiger partial charge in [-0.25, -0.2) is 4.79 Å². The second-order valence-corrected chi connectivity index (χ2v) is 6.11. The summed E-state index contributed by atoms with van der Waals surface area (Å²) < 4.78 is 15.9. The Labute approximate surface area is 155 Å². The Hall–Kier alpha value is -2.37. The normalized spacial score (nSPS) is 16.2.